The van der Waals surface area contributed by atoms with Gasteiger partial charge in [-0.15, -0.1) is 0 Å². The first-order valence-corrected chi connectivity index (χ1v) is 7.87. The van der Waals surface area contributed by atoms with E-state index in [1.165, 1.54) is 0 Å². The Bertz CT molecular complexity index is 729. The van der Waals surface area contributed by atoms with Gasteiger partial charge in [-0.25, -0.2) is 4.98 Å². The van der Waals surface area contributed by atoms with Crippen molar-refractivity contribution in [3.05, 3.63) is 40.8 Å². The van der Waals surface area contributed by atoms with Gasteiger partial charge in [-0.05, 0) is 19.2 Å². The first-order valence-electron chi connectivity index (χ1n) is 7.87. The molecule has 2 fully saturated rings. The van der Waals surface area contributed by atoms with E-state index in [0.717, 1.165) is 45.1 Å². The lowest BCUT2D eigenvalue weighted by molar-refractivity contribution is 0.0961. The summed E-state index contributed by atoms with van der Waals surface area (Å²) in [5.74, 6) is 0.807. The van der Waals surface area contributed by atoms with Crippen LogP contribution in [0.3, 0.4) is 0 Å². The Morgan fingerprint density at radius 2 is 1.91 bits per heavy atom. The monoisotopic (exact) mass is 299 g/mol. The molecule has 6 heteroatoms. The van der Waals surface area contributed by atoms with Gasteiger partial charge >= 0.3 is 0 Å². The van der Waals surface area contributed by atoms with Crippen LogP contribution in [0.15, 0.2) is 35.3 Å². The number of likely N-dealkylation sites (N-methyl/N-ethyl adjacent to an activating group) is 1. The molecule has 0 aliphatic carbocycles. The summed E-state index contributed by atoms with van der Waals surface area (Å²) in [5, 5.41) is 0. The smallest absolute Gasteiger partial charge is 0.259 e. The van der Waals surface area contributed by atoms with Gasteiger partial charge in [0.2, 0.25) is 0 Å². The van der Waals surface area contributed by atoms with Crippen LogP contribution in [0.5, 0.6) is 0 Å². The van der Waals surface area contributed by atoms with E-state index in [1.807, 2.05) is 18.2 Å². The molecule has 0 atom stereocenters. The van der Waals surface area contributed by atoms with Gasteiger partial charge in [0.05, 0.1) is 0 Å². The quantitative estimate of drug-likeness (QED) is 0.789. The number of fused-ring (bicyclic) bond motifs is 1. The predicted octanol–water partition coefficient (Wildman–Crippen LogP) is 0.131. The normalized spacial score (nSPS) is 21.2. The van der Waals surface area contributed by atoms with Gasteiger partial charge in [-0.2, -0.15) is 0 Å². The summed E-state index contributed by atoms with van der Waals surface area (Å²) in [4.78, 5) is 23.9. The molecule has 2 aromatic heterocycles. The van der Waals surface area contributed by atoms with Gasteiger partial charge in [0.15, 0.2) is 0 Å². The van der Waals surface area contributed by atoms with Gasteiger partial charge < -0.3 is 9.80 Å². The second kappa shape index (κ2) is 5.37. The summed E-state index contributed by atoms with van der Waals surface area (Å²) in [7, 11) is 2.18. The van der Waals surface area contributed by atoms with Crippen molar-refractivity contribution < 1.29 is 0 Å². The number of anilines is 1. The van der Waals surface area contributed by atoms with Gasteiger partial charge in [0.1, 0.15) is 11.5 Å². The number of rotatable bonds is 2. The molecule has 22 heavy (non-hydrogen) atoms. The third-order valence-corrected chi connectivity index (χ3v) is 4.80. The minimum atomic E-state index is -0.0105. The molecule has 0 spiro atoms. The molecule has 4 heterocycles. The Hall–Kier alpha value is -1.92. The first kappa shape index (κ1) is 13.7. The summed E-state index contributed by atoms with van der Waals surface area (Å²) < 4.78 is 1.58. The van der Waals surface area contributed by atoms with Gasteiger partial charge in [-0.1, -0.05) is 6.07 Å². The molecule has 4 rings (SSSR count). The van der Waals surface area contributed by atoms with Crippen LogP contribution in [-0.4, -0.2) is 71.5 Å². The Kier molecular flexibility index (Phi) is 3.35. The molecule has 116 valence electrons. The Labute approximate surface area is 129 Å². The first-order chi connectivity index (χ1) is 10.7. The maximum Gasteiger partial charge on any atom is 0.259 e. The summed E-state index contributed by atoms with van der Waals surface area (Å²) in [6.07, 6.45) is 1.76. The van der Waals surface area contributed by atoms with E-state index >= 15 is 0 Å². The highest BCUT2D eigenvalue weighted by Crippen LogP contribution is 2.22. The van der Waals surface area contributed by atoms with E-state index in [0.29, 0.717) is 11.7 Å². The highest BCUT2D eigenvalue weighted by atomic mass is 16.1. The number of aromatic nitrogens is 2. The molecule has 0 unspecified atom stereocenters. The summed E-state index contributed by atoms with van der Waals surface area (Å²) in [6.45, 7) is 6.52. The van der Waals surface area contributed by atoms with Crippen molar-refractivity contribution in [2.45, 2.75) is 6.04 Å². The second-order valence-corrected chi connectivity index (χ2v) is 6.28. The molecule has 6 nitrogen and oxygen atoms in total. The maximum absolute atomic E-state index is 12.1. The molecule has 2 aromatic rings. The van der Waals surface area contributed by atoms with Crippen LogP contribution in [0.4, 0.5) is 5.82 Å². The zero-order valence-corrected chi connectivity index (χ0v) is 12.9. The lowest BCUT2D eigenvalue weighted by Crippen LogP contribution is -2.63. The van der Waals surface area contributed by atoms with Crippen LogP contribution >= 0.6 is 0 Å². The Morgan fingerprint density at radius 3 is 2.68 bits per heavy atom. The van der Waals surface area contributed by atoms with Crippen molar-refractivity contribution in [3.8, 4) is 0 Å². The topological polar surface area (TPSA) is 44.1 Å². The second-order valence-electron chi connectivity index (χ2n) is 6.28. The third kappa shape index (κ3) is 2.38. The SMILES string of the molecule is CN1CCN(C2CN(c3cc(=O)n4ccccc4n3)C2)CC1. The molecule has 0 saturated carbocycles. The number of nitrogens with zero attached hydrogens (tertiary/aromatic N) is 5. The van der Waals surface area contributed by atoms with Crippen LogP contribution in [-0.2, 0) is 0 Å². The van der Waals surface area contributed by atoms with Crippen molar-refractivity contribution in [1.29, 1.82) is 0 Å². The fourth-order valence-corrected chi connectivity index (χ4v) is 3.26. The predicted molar refractivity (Wildman–Crippen MR) is 86.5 cm³/mol. The number of piperazine rings is 1. The minimum absolute atomic E-state index is 0.0105. The van der Waals surface area contributed by atoms with E-state index < -0.39 is 0 Å². The van der Waals surface area contributed by atoms with Crippen LogP contribution in [0.25, 0.3) is 5.65 Å². The standard InChI is InChI=1S/C16H21N5O/c1-18-6-8-19(9-7-18)13-11-20(12-13)15-10-16(22)21-5-3-2-4-14(21)17-15/h2-5,10,13H,6-9,11-12H2,1H3. The number of hydrogen-bond donors (Lipinski definition) is 0. The molecule has 0 aromatic carbocycles. The summed E-state index contributed by atoms with van der Waals surface area (Å²) in [5.41, 5.74) is 0.705. The fourth-order valence-electron chi connectivity index (χ4n) is 3.26. The molecular formula is C16H21N5O. The van der Waals surface area contributed by atoms with Gasteiger partial charge in [0.25, 0.3) is 5.56 Å². The van der Waals surface area contributed by atoms with Crippen LogP contribution in [0.2, 0.25) is 0 Å². The Balaban J connectivity index is 1.48. The fraction of sp³-hybridized carbons (Fsp3) is 0.500. The van der Waals surface area contributed by atoms with Crippen LogP contribution < -0.4 is 10.5 Å². The van der Waals surface area contributed by atoms with Crippen molar-refractivity contribution in [2.24, 2.45) is 0 Å². The van der Waals surface area contributed by atoms with Crippen LogP contribution in [0, 0.1) is 0 Å². The lowest BCUT2D eigenvalue weighted by atomic mass is 10.1. The van der Waals surface area contributed by atoms with Gasteiger partial charge in [0, 0.05) is 57.6 Å². The van der Waals surface area contributed by atoms with E-state index in [-0.39, 0.29) is 5.56 Å². The molecular weight excluding hydrogens is 278 g/mol. The van der Waals surface area contributed by atoms with Crippen molar-refractivity contribution >= 4 is 11.5 Å². The van der Waals surface area contributed by atoms with Crippen molar-refractivity contribution in [3.63, 3.8) is 0 Å². The summed E-state index contributed by atoms with van der Waals surface area (Å²) in [6, 6.07) is 7.89. The highest BCUT2D eigenvalue weighted by Gasteiger charge is 2.33. The van der Waals surface area contributed by atoms with Gasteiger partial charge in [-0.3, -0.25) is 14.1 Å². The number of hydrogen-bond acceptors (Lipinski definition) is 5. The van der Waals surface area contributed by atoms with Crippen molar-refractivity contribution in [1.82, 2.24) is 19.2 Å². The van der Waals surface area contributed by atoms with E-state index in [4.69, 9.17) is 0 Å². The minimum Gasteiger partial charge on any atom is -0.353 e. The largest absolute Gasteiger partial charge is 0.353 e. The Morgan fingerprint density at radius 1 is 1.14 bits per heavy atom. The average Bonchev–Trinajstić information content (AvgIpc) is 2.48. The molecule has 0 bridgehead atoms. The average molecular weight is 299 g/mol. The lowest BCUT2D eigenvalue weighted by Gasteiger charge is -2.48. The number of pyridine rings is 1. The molecule has 2 saturated heterocycles. The summed E-state index contributed by atoms with van der Waals surface area (Å²) >= 11 is 0. The zero-order valence-electron chi connectivity index (χ0n) is 12.9. The van der Waals surface area contributed by atoms with Crippen molar-refractivity contribution in [2.75, 3.05) is 51.2 Å². The molecule has 0 radical (unpaired) electrons. The third-order valence-electron chi connectivity index (χ3n) is 4.80. The van der Waals surface area contributed by atoms with E-state index in [1.54, 1.807) is 16.7 Å². The molecule has 2 aliphatic rings. The van der Waals surface area contributed by atoms with E-state index in [9.17, 15) is 4.79 Å². The van der Waals surface area contributed by atoms with E-state index in [2.05, 4.69) is 26.7 Å². The molecule has 2 aliphatic heterocycles. The molecule has 0 amide bonds. The molecule has 0 N–H and O–H groups in total. The highest BCUT2D eigenvalue weighted by molar-refractivity contribution is 5.50. The van der Waals surface area contributed by atoms with Crippen LogP contribution in [0.1, 0.15) is 0 Å². The maximum atomic E-state index is 12.1. The zero-order chi connectivity index (χ0) is 15.1.